The van der Waals surface area contributed by atoms with Crippen LogP contribution < -0.4 is 0 Å². The molecular formula is C13H18BrN. The van der Waals surface area contributed by atoms with Crippen molar-refractivity contribution < 1.29 is 0 Å². The largest absolute Gasteiger partial charge is 0.296 e. The Morgan fingerprint density at radius 1 is 1.07 bits per heavy atom. The summed E-state index contributed by atoms with van der Waals surface area (Å²) in [5.74, 6) is 0. The van der Waals surface area contributed by atoms with Crippen LogP contribution in [-0.2, 0) is 13.0 Å². The van der Waals surface area contributed by atoms with E-state index >= 15 is 0 Å². The van der Waals surface area contributed by atoms with Gasteiger partial charge in [0.1, 0.15) is 0 Å². The first-order valence-electron chi connectivity index (χ1n) is 5.74. The summed E-state index contributed by atoms with van der Waals surface area (Å²) in [7, 11) is 0. The Balaban J connectivity index is 0.000000853. The van der Waals surface area contributed by atoms with E-state index in [0.717, 1.165) is 6.04 Å². The van der Waals surface area contributed by atoms with Gasteiger partial charge in [0.15, 0.2) is 0 Å². The van der Waals surface area contributed by atoms with Crippen LogP contribution in [0.3, 0.4) is 0 Å². The van der Waals surface area contributed by atoms with Crippen molar-refractivity contribution in [2.24, 2.45) is 0 Å². The highest BCUT2D eigenvalue weighted by Crippen LogP contribution is 2.28. The molecule has 1 saturated heterocycles. The maximum Gasteiger partial charge on any atom is 0.0239 e. The zero-order chi connectivity index (χ0) is 9.38. The Kier molecular flexibility index (Phi) is 3.47. The number of benzene rings is 1. The summed E-state index contributed by atoms with van der Waals surface area (Å²) in [6.07, 6.45) is 5.53. The third-order valence-corrected chi connectivity index (χ3v) is 3.70. The minimum absolute atomic E-state index is 0. The predicted molar refractivity (Wildman–Crippen MR) is 68.5 cm³/mol. The van der Waals surface area contributed by atoms with Gasteiger partial charge in [-0.25, -0.2) is 0 Å². The number of rotatable bonds is 0. The number of hydrogen-bond donors (Lipinski definition) is 0. The second-order valence-corrected chi connectivity index (χ2v) is 4.59. The first-order chi connectivity index (χ1) is 6.93. The van der Waals surface area contributed by atoms with Crippen molar-refractivity contribution in [3.05, 3.63) is 35.4 Å². The molecule has 3 rings (SSSR count). The lowest BCUT2D eigenvalue weighted by Crippen LogP contribution is -2.43. The van der Waals surface area contributed by atoms with E-state index in [9.17, 15) is 0 Å². The molecule has 2 heteroatoms. The van der Waals surface area contributed by atoms with Crippen LogP contribution in [0.1, 0.15) is 30.4 Å². The highest BCUT2D eigenvalue weighted by atomic mass is 79.9. The Bertz CT molecular complexity index is 304. The van der Waals surface area contributed by atoms with Crippen molar-refractivity contribution in [2.45, 2.75) is 38.3 Å². The standard InChI is InChI=1S/C13H17N.BrH/c1-2-6-12-10-14-8-4-3-7-13(14)9-11(12)5-1;/h1-2,5-6,13H,3-4,7-10H2;1H. The van der Waals surface area contributed by atoms with Gasteiger partial charge in [0.2, 0.25) is 0 Å². The van der Waals surface area contributed by atoms with Crippen LogP contribution in [0.15, 0.2) is 24.3 Å². The number of nitrogens with zero attached hydrogens (tertiary/aromatic N) is 1. The van der Waals surface area contributed by atoms with Crippen molar-refractivity contribution in [3.63, 3.8) is 0 Å². The topological polar surface area (TPSA) is 3.24 Å². The molecule has 2 aliphatic rings. The van der Waals surface area contributed by atoms with Gasteiger partial charge in [0.25, 0.3) is 0 Å². The third-order valence-electron chi connectivity index (χ3n) is 3.70. The normalized spacial score (nSPS) is 24.9. The molecule has 1 aromatic carbocycles. The van der Waals surface area contributed by atoms with Gasteiger partial charge >= 0.3 is 0 Å². The Morgan fingerprint density at radius 3 is 2.73 bits per heavy atom. The van der Waals surface area contributed by atoms with E-state index in [2.05, 4.69) is 29.2 Å². The zero-order valence-corrected chi connectivity index (χ0v) is 10.7. The Hall–Kier alpha value is -0.340. The van der Waals surface area contributed by atoms with Gasteiger partial charge in [-0.1, -0.05) is 30.7 Å². The van der Waals surface area contributed by atoms with Gasteiger partial charge in [0, 0.05) is 12.6 Å². The molecule has 1 aromatic rings. The molecule has 0 radical (unpaired) electrons. The number of halogens is 1. The summed E-state index contributed by atoms with van der Waals surface area (Å²) in [4.78, 5) is 2.67. The van der Waals surface area contributed by atoms with E-state index in [1.807, 2.05) is 0 Å². The predicted octanol–water partition coefficient (Wildman–Crippen LogP) is 3.18. The van der Waals surface area contributed by atoms with Crippen LogP contribution in [0.5, 0.6) is 0 Å². The first kappa shape index (κ1) is 11.2. The van der Waals surface area contributed by atoms with Gasteiger partial charge in [-0.15, -0.1) is 17.0 Å². The molecule has 1 atom stereocenters. The summed E-state index contributed by atoms with van der Waals surface area (Å²) in [6, 6.07) is 9.79. The van der Waals surface area contributed by atoms with Crippen molar-refractivity contribution in [1.29, 1.82) is 0 Å². The van der Waals surface area contributed by atoms with E-state index in [4.69, 9.17) is 0 Å². The maximum absolute atomic E-state index is 2.67. The summed E-state index contributed by atoms with van der Waals surface area (Å²) in [5.41, 5.74) is 3.15. The van der Waals surface area contributed by atoms with Crippen LogP contribution in [0.2, 0.25) is 0 Å². The van der Waals surface area contributed by atoms with E-state index in [1.165, 1.54) is 38.8 Å². The van der Waals surface area contributed by atoms with E-state index < -0.39 is 0 Å². The minimum Gasteiger partial charge on any atom is -0.296 e. The molecule has 82 valence electrons. The summed E-state index contributed by atoms with van der Waals surface area (Å²) >= 11 is 0. The van der Waals surface area contributed by atoms with E-state index in [-0.39, 0.29) is 17.0 Å². The van der Waals surface area contributed by atoms with Gasteiger partial charge < -0.3 is 0 Å². The average Bonchev–Trinajstić information content (AvgIpc) is 2.26. The van der Waals surface area contributed by atoms with Crippen molar-refractivity contribution in [2.75, 3.05) is 6.54 Å². The second-order valence-electron chi connectivity index (χ2n) is 4.59. The molecule has 0 aliphatic carbocycles. The van der Waals surface area contributed by atoms with Crippen LogP contribution in [0, 0.1) is 0 Å². The Morgan fingerprint density at radius 2 is 1.87 bits per heavy atom. The molecule has 0 aromatic heterocycles. The lowest BCUT2D eigenvalue weighted by molar-refractivity contribution is 0.127. The molecule has 15 heavy (non-hydrogen) atoms. The molecule has 0 amide bonds. The lowest BCUT2D eigenvalue weighted by Gasteiger charge is -2.40. The Labute approximate surface area is 102 Å². The summed E-state index contributed by atoms with van der Waals surface area (Å²) in [6.45, 7) is 2.51. The fourth-order valence-electron chi connectivity index (χ4n) is 2.88. The highest BCUT2D eigenvalue weighted by Gasteiger charge is 2.27. The fraction of sp³-hybridized carbons (Fsp3) is 0.538. The molecule has 0 spiro atoms. The van der Waals surface area contributed by atoms with Crippen LogP contribution >= 0.6 is 17.0 Å². The number of hydrogen-bond acceptors (Lipinski definition) is 1. The van der Waals surface area contributed by atoms with Gasteiger partial charge in [0.05, 0.1) is 0 Å². The molecule has 0 saturated carbocycles. The zero-order valence-electron chi connectivity index (χ0n) is 8.98. The first-order valence-corrected chi connectivity index (χ1v) is 5.74. The molecule has 2 aliphatic heterocycles. The molecule has 1 fully saturated rings. The van der Waals surface area contributed by atoms with Gasteiger partial charge in [-0.05, 0) is 36.9 Å². The number of piperidine rings is 1. The molecule has 0 bridgehead atoms. The smallest absolute Gasteiger partial charge is 0.0239 e. The number of fused-ring (bicyclic) bond motifs is 2. The van der Waals surface area contributed by atoms with Gasteiger partial charge in [-0.3, -0.25) is 4.90 Å². The van der Waals surface area contributed by atoms with Gasteiger partial charge in [-0.2, -0.15) is 0 Å². The van der Waals surface area contributed by atoms with E-state index in [1.54, 1.807) is 11.1 Å². The second kappa shape index (κ2) is 4.67. The lowest BCUT2D eigenvalue weighted by atomic mass is 9.89. The molecule has 1 unspecified atom stereocenters. The van der Waals surface area contributed by atoms with Crippen molar-refractivity contribution in [1.82, 2.24) is 4.90 Å². The summed E-state index contributed by atoms with van der Waals surface area (Å²) < 4.78 is 0. The van der Waals surface area contributed by atoms with Crippen LogP contribution in [0.4, 0.5) is 0 Å². The minimum atomic E-state index is 0. The van der Waals surface area contributed by atoms with Crippen LogP contribution in [0.25, 0.3) is 0 Å². The molecule has 2 heterocycles. The summed E-state index contributed by atoms with van der Waals surface area (Å²) in [5, 5.41) is 0. The molecule has 1 nitrogen and oxygen atoms in total. The monoisotopic (exact) mass is 267 g/mol. The maximum atomic E-state index is 2.67. The van der Waals surface area contributed by atoms with Crippen molar-refractivity contribution in [3.8, 4) is 0 Å². The fourth-order valence-corrected chi connectivity index (χ4v) is 2.88. The molecule has 0 N–H and O–H groups in total. The van der Waals surface area contributed by atoms with Crippen molar-refractivity contribution >= 4 is 17.0 Å². The quantitative estimate of drug-likeness (QED) is 0.698. The highest BCUT2D eigenvalue weighted by molar-refractivity contribution is 8.93. The van der Waals surface area contributed by atoms with Crippen LogP contribution in [-0.4, -0.2) is 17.5 Å². The van der Waals surface area contributed by atoms with E-state index in [0.29, 0.717) is 0 Å². The SMILES string of the molecule is Br.c1ccc2c(c1)CC1CCCCN1C2. The molecular weight excluding hydrogens is 250 g/mol. The average molecular weight is 268 g/mol. The third kappa shape index (κ3) is 2.11.